The maximum Gasteiger partial charge on any atom is 0.251 e. The fourth-order valence-electron chi connectivity index (χ4n) is 2.57. The summed E-state index contributed by atoms with van der Waals surface area (Å²) in [5.41, 5.74) is 7.67. The lowest BCUT2D eigenvalue weighted by molar-refractivity contribution is 0.0953. The third-order valence-electron chi connectivity index (χ3n) is 3.90. The number of hydrogen-bond donors (Lipinski definition) is 2. The SMILES string of the molecule is Cc1ccc(C(N)=O)cc1C(=O)NCCc1cc2ccccc2o1. The van der Waals surface area contributed by atoms with E-state index >= 15 is 0 Å². The lowest BCUT2D eigenvalue weighted by atomic mass is 10.0. The maximum atomic E-state index is 12.3. The first-order chi connectivity index (χ1) is 11.5. The molecule has 0 saturated heterocycles. The second-order valence-corrected chi connectivity index (χ2v) is 5.65. The molecule has 0 saturated carbocycles. The van der Waals surface area contributed by atoms with Crippen LogP contribution in [0.25, 0.3) is 11.0 Å². The molecule has 0 bridgehead atoms. The first-order valence-electron chi connectivity index (χ1n) is 7.71. The Morgan fingerprint density at radius 1 is 1.12 bits per heavy atom. The van der Waals surface area contributed by atoms with E-state index in [1.807, 2.05) is 37.3 Å². The van der Waals surface area contributed by atoms with Gasteiger partial charge in [-0.25, -0.2) is 0 Å². The molecular weight excluding hydrogens is 304 g/mol. The molecule has 5 heteroatoms. The van der Waals surface area contributed by atoms with Gasteiger partial charge < -0.3 is 15.5 Å². The van der Waals surface area contributed by atoms with E-state index in [9.17, 15) is 9.59 Å². The van der Waals surface area contributed by atoms with E-state index < -0.39 is 5.91 Å². The molecule has 2 amide bonds. The number of benzene rings is 2. The molecular formula is C19H18N2O3. The minimum Gasteiger partial charge on any atom is -0.461 e. The van der Waals surface area contributed by atoms with Crippen LogP contribution in [0.4, 0.5) is 0 Å². The highest BCUT2D eigenvalue weighted by molar-refractivity contribution is 6.00. The Labute approximate surface area is 139 Å². The van der Waals surface area contributed by atoms with Gasteiger partial charge in [0.25, 0.3) is 5.91 Å². The van der Waals surface area contributed by atoms with Gasteiger partial charge in [-0.1, -0.05) is 24.3 Å². The van der Waals surface area contributed by atoms with E-state index in [1.165, 1.54) is 6.07 Å². The zero-order chi connectivity index (χ0) is 17.1. The number of amides is 2. The molecule has 0 unspecified atom stereocenters. The molecule has 0 aliphatic heterocycles. The number of hydrogen-bond acceptors (Lipinski definition) is 3. The number of rotatable bonds is 5. The molecule has 3 aromatic rings. The van der Waals surface area contributed by atoms with Crippen LogP contribution in [-0.2, 0) is 6.42 Å². The first kappa shape index (κ1) is 15.8. The van der Waals surface area contributed by atoms with E-state index in [0.717, 1.165) is 22.3 Å². The molecule has 1 heterocycles. The molecule has 0 radical (unpaired) electrons. The number of para-hydroxylation sites is 1. The summed E-state index contributed by atoms with van der Waals surface area (Å²) in [4.78, 5) is 23.6. The van der Waals surface area contributed by atoms with Crippen LogP contribution in [0.5, 0.6) is 0 Å². The molecule has 3 rings (SSSR count). The molecule has 0 spiro atoms. The quantitative estimate of drug-likeness (QED) is 0.757. The van der Waals surface area contributed by atoms with Crippen molar-refractivity contribution in [2.75, 3.05) is 6.54 Å². The molecule has 3 N–H and O–H groups in total. The fourth-order valence-corrected chi connectivity index (χ4v) is 2.57. The van der Waals surface area contributed by atoms with Crippen molar-refractivity contribution in [2.45, 2.75) is 13.3 Å². The minimum absolute atomic E-state index is 0.230. The summed E-state index contributed by atoms with van der Waals surface area (Å²) in [6.07, 6.45) is 0.592. The highest BCUT2D eigenvalue weighted by atomic mass is 16.3. The Bertz CT molecular complexity index is 879. The van der Waals surface area contributed by atoms with Crippen LogP contribution < -0.4 is 11.1 Å². The number of nitrogens with two attached hydrogens (primary N) is 1. The van der Waals surface area contributed by atoms with E-state index in [2.05, 4.69) is 5.32 Å². The lowest BCUT2D eigenvalue weighted by Gasteiger charge is -2.08. The summed E-state index contributed by atoms with van der Waals surface area (Å²) in [7, 11) is 0. The third-order valence-corrected chi connectivity index (χ3v) is 3.90. The number of aryl methyl sites for hydroxylation is 1. The number of fused-ring (bicyclic) bond motifs is 1. The van der Waals surface area contributed by atoms with Gasteiger partial charge in [-0.2, -0.15) is 0 Å². The molecule has 0 atom stereocenters. The van der Waals surface area contributed by atoms with E-state index in [1.54, 1.807) is 12.1 Å². The largest absolute Gasteiger partial charge is 0.461 e. The van der Waals surface area contributed by atoms with Gasteiger partial charge in [-0.3, -0.25) is 9.59 Å². The van der Waals surface area contributed by atoms with E-state index in [-0.39, 0.29) is 5.91 Å². The summed E-state index contributed by atoms with van der Waals surface area (Å²) in [6.45, 7) is 2.26. The summed E-state index contributed by atoms with van der Waals surface area (Å²) in [5.74, 6) is 0.0390. The normalized spacial score (nSPS) is 10.7. The molecule has 1 aromatic heterocycles. The van der Waals surface area contributed by atoms with Crippen LogP contribution in [-0.4, -0.2) is 18.4 Å². The molecule has 5 nitrogen and oxygen atoms in total. The van der Waals surface area contributed by atoms with Gasteiger partial charge in [0.15, 0.2) is 0 Å². The Balaban J connectivity index is 1.65. The smallest absolute Gasteiger partial charge is 0.251 e. The summed E-state index contributed by atoms with van der Waals surface area (Å²) in [5, 5.41) is 3.89. The average Bonchev–Trinajstić information content (AvgIpc) is 2.97. The lowest BCUT2D eigenvalue weighted by Crippen LogP contribution is -2.26. The number of nitrogens with one attached hydrogen (secondary N) is 1. The predicted molar refractivity (Wildman–Crippen MR) is 91.9 cm³/mol. The van der Waals surface area contributed by atoms with Gasteiger partial charge in [0.2, 0.25) is 5.91 Å². The molecule has 24 heavy (non-hydrogen) atoms. The van der Waals surface area contributed by atoms with Crippen molar-refractivity contribution in [1.82, 2.24) is 5.32 Å². The minimum atomic E-state index is -0.550. The summed E-state index contributed by atoms with van der Waals surface area (Å²) >= 11 is 0. The number of furan rings is 1. The van der Waals surface area contributed by atoms with E-state index in [0.29, 0.717) is 24.1 Å². The van der Waals surface area contributed by atoms with Crippen LogP contribution in [0.2, 0.25) is 0 Å². The third kappa shape index (κ3) is 3.30. The molecule has 2 aromatic carbocycles. The highest BCUT2D eigenvalue weighted by Crippen LogP contribution is 2.19. The van der Waals surface area contributed by atoms with E-state index in [4.69, 9.17) is 10.2 Å². The molecule has 0 aliphatic rings. The predicted octanol–water partition coefficient (Wildman–Crippen LogP) is 2.81. The van der Waals surface area contributed by atoms with Crippen molar-refractivity contribution in [3.05, 3.63) is 71.0 Å². The van der Waals surface area contributed by atoms with Crippen molar-refractivity contribution >= 4 is 22.8 Å². The van der Waals surface area contributed by atoms with Crippen LogP contribution in [0, 0.1) is 6.92 Å². The number of carbonyl (C=O) groups is 2. The summed E-state index contributed by atoms with van der Waals surface area (Å²) in [6, 6.07) is 14.6. The van der Waals surface area contributed by atoms with Crippen LogP contribution in [0.1, 0.15) is 32.0 Å². The number of primary amides is 1. The van der Waals surface area contributed by atoms with Crippen LogP contribution >= 0.6 is 0 Å². The zero-order valence-electron chi connectivity index (χ0n) is 13.3. The molecule has 0 fully saturated rings. The Morgan fingerprint density at radius 3 is 2.67 bits per heavy atom. The van der Waals surface area contributed by atoms with Crippen molar-refractivity contribution in [3.63, 3.8) is 0 Å². The van der Waals surface area contributed by atoms with Gasteiger partial charge in [-0.05, 0) is 36.8 Å². The van der Waals surface area contributed by atoms with Crippen molar-refractivity contribution < 1.29 is 14.0 Å². The van der Waals surface area contributed by atoms with Crippen molar-refractivity contribution in [3.8, 4) is 0 Å². The number of carbonyl (C=O) groups excluding carboxylic acids is 2. The second kappa shape index (κ2) is 6.58. The monoisotopic (exact) mass is 322 g/mol. The van der Waals surface area contributed by atoms with Gasteiger partial charge in [0.1, 0.15) is 11.3 Å². The van der Waals surface area contributed by atoms with Gasteiger partial charge in [-0.15, -0.1) is 0 Å². The van der Waals surface area contributed by atoms with Crippen LogP contribution in [0.3, 0.4) is 0 Å². The Hall–Kier alpha value is -3.08. The second-order valence-electron chi connectivity index (χ2n) is 5.65. The fraction of sp³-hybridized carbons (Fsp3) is 0.158. The van der Waals surface area contributed by atoms with Crippen molar-refractivity contribution in [2.24, 2.45) is 5.73 Å². The Morgan fingerprint density at radius 2 is 1.92 bits per heavy atom. The summed E-state index contributed by atoms with van der Waals surface area (Å²) < 4.78 is 5.72. The first-order valence-corrected chi connectivity index (χ1v) is 7.71. The van der Waals surface area contributed by atoms with Gasteiger partial charge >= 0.3 is 0 Å². The van der Waals surface area contributed by atoms with Gasteiger partial charge in [0, 0.05) is 29.5 Å². The Kier molecular flexibility index (Phi) is 4.33. The van der Waals surface area contributed by atoms with Gasteiger partial charge in [0.05, 0.1) is 0 Å². The topological polar surface area (TPSA) is 85.3 Å². The average molecular weight is 322 g/mol. The maximum absolute atomic E-state index is 12.3. The van der Waals surface area contributed by atoms with Crippen molar-refractivity contribution in [1.29, 1.82) is 0 Å². The molecule has 122 valence electrons. The van der Waals surface area contributed by atoms with Crippen LogP contribution in [0.15, 0.2) is 52.9 Å². The highest BCUT2D eigenvalue weighted by Gasteiger charge is 2.12. The molecule has 0 aliphatic carbocycles. The standard InChI is InChI=1S/C19H18N2O3/c1-12-6-7-14(18(20)22)11-16(12)19(23)21-9-8-15-10-13-4-2-3-5-17(13)24-15/h2-7,10-11H,8-9H2,1H3,(H2,20,22)(H,21,23). The zero-order valence-corrected chi connectivity index (χ0v) is 13.3.